The van der Waals surface area contributed by atoms with Crippen molar-refractivity contribution >= 4 is 60.4 Å². The summed E-state index contributed by atoms with van der Waals surface area (Å²) < 4.78 is 54.8. The Kier molecular flexibility index (Phi) is 15.2. The highest BCUT2D eigenvalue weighted by atomic mass is 28.4. The number of aromatic nitrogens is 3. The second-order valence-electron chi connectivity index (χ2n) is 25.6. The van der Waals surface area contributed by atoms with Crippen molar-refractivity contribution in [2.24, 2.45) is 0 Å². The lowest BCUT2D eigenvalue weighted by Gasteiger charge is -2.44. The van der Waals surface area contributed by atoms with Crippen LogP contribution in [0.2, 0.25) is 21.7 Å². The van der Waals surface area contributed by atoms with Gasteiger partial charge in [0.25, 0.3) is 8.32 Å². The number of nitrogens with zero attached hydrogens (tertiary/aromatic N) is 6. The summed E-state index contributed by atoms with van der Waals surface area (Å²) >= 11 is 0. The van der Waals surface area contributed by atoms with Crippen LogP contribution in [0.15, 0.2) is 97.2 Å². The maximum atomic E-state index is 18.1. The van der Waals surface area contributed by atoms with Gasteiger partial charge in [-0.2, -0.15) is 9.97 Å². The first-order valence-electron chi connectivity index (χ1n) is 28.6. The summed E-state index contributed by atoms with van der Waals surface area (Å²) in [5.41, 5.74) is 4.61. The summed E-state index contributed by atoms with van der Waals surface area (Å²) in [7, 11) is -5.07. The predicted octanol–water partition coefficient (Wildman–Crippen LogP) is 13.2. The number of hydrogen-bond donors (Lipinski definition) is 0. The summed E-state index contributed by atoms with van der Waals surface area (Å²) in [5, 5.41) is 4.06. The van der Waals surface area contributed by atoms with E-state index in [1.165, 1.54) is 16.4 Å². The molecule has 0 unspecified atom stereocenters. The molecule has 0 spiro atoms. The Balaban J connectivity index is 1.02. The van der Waals surface area contributed by atoms with E-state index in [4.69, 9.17) is 28.9 Å². The molecule has 2 aromatic heterocycles. The number of pyridine rings is 1. The average molecular weight is 1090 g/mol. The van der Waals surface area contributed by atoms with Gasteiger partial charge in [0, 0.05) is 36.3 Å². The minimum absolute atomic E-state index is 0.0485. The molecular formula is C64H80F2N6O4Si2. The summed E-state index contributed by atoms with van der Waals surface area (Å²) in [5.74, 6) is 2.80. The first-order valence-corrected chi connectivity index (χ1v) is 32.7. The Morgan fingerprint density at radius 2 is 1.44 bits per heavy atom. The van der Waals surface area contributed by atoms with E-state index in [9.17, 15) is 4.79 Å². The molecule has 4 fully saturated rings. The zero-order valence-corrected chi connectivity index (χ0v) is 50.1. The van der Waals surface area contributed by atoms with Crippen molar-refractivity contribution in [3.63, 3.8) is 0 Å². The fourth-order valence-corrected chi connectivity index (χ4v) is 24.3. The number of carbonyl (C=O) groups is 1. The fraction of sp³-hybridized carbons (Fsp3) is 0.500. The Hall–Kier alpha value is -5.73. The molecule has 412 valence electrons. The largest absolute Gasteiger partial charge is 0.461 e. The number of anilines is 1. The molecule has 14 heteroatoms. The normalized spacial score (nSPS) is 21.0. The molecule has 4 atom stereocenters. The van der Waals surface area contributed by atoms with E-state index in [1.807, 2.05) is 37.8 Å². The molecule has 4 aliphatic heterocycles. The molecule has 6 aromatic rings. The van der Waals surface area contributed by atoms with E-state index in [0.29, 0.717) is 65.1 Å². The Labute approximate surface area is 463 Å². The van der Waals surface area contributed by atoms with E-state index in [1.54, 1.807) is 18.3 Å². The van der Waals surface area contributed by atoms with Crippen molar-refractivity contribution in [2.75, 3.05) is 37.7 Å². The Morgan fingerprint density at radius 1 is 0.795 bits per heavy atom. The van der Waals surface area contributed by atoms with Crippen molar-refractivity contribution in [1.29, 1.82) is 0 Å². The molecule has 0 N–H and O–H groups in total. The Morgan fingerprint density at radius 3 is 2.04 bits per heavy atom. The van der Waals surface area contributed by atoms with Gasteiger partial charge in [-0.15, -0.1) is 5.54 Å². The van der Waals surface area contributed by atoms with Gasteiger partial charge in [0.15, 0.2) is 5.82 Å². The molecule has 4 saturated heterocycles. The van der Waals surface area contributed by atoms with Crippen LogP contribution < -0.4 is 20.0 Å². The number of hydrogen-bond acceptors (Lipinski definition) is 9. The smallest absolute Gasteiger partial charge is 0.410 e. The minimum atomic E-state index is -2.79. The molecule has 2 bridgehead atoms. The van der Waals surface area contributed by atoms with Gasteiger partial charge in [-0.3, -0.25) is 14.8 Å². The van der Waals surface area contributed by atoms with Gasteiger partial charge in [-0.05, 0) is 109 Å². The SMILES string of the molecule is CC(C)[Si](C#Cc1c(F)ccc2cccc(-c3ncc4c(N5C[C@H]6CC[C@@H](C5)N6C(=O)OC(C)(C)C)nc(OC[C@]56CCCN5[C@H](CO[Si](c5ccccc5)(c5ccccc5)C(C)(C)C)CC6)nc4c3F)c12)(C(C)C)C(C)C. The zero-order chi connectivity index (χ0) is 55.5. The van der Waals surface area contributed by atoms with Gasteiger partial charge in [0.1, 0.15) is 43.1 Å². The van der Waals surface area contributed by atoms with E-state index in [0.717, 1.165) is 50.5 Å². The van der Waals surface area contributed by atoms with Crippen LogP contribution in [-0.4, -0.2) is 109 Å². The molecule has 10 nitrogen and oxygen atoms in total. The van der Waals surface area contributed by atoms with Gasteiger partial charge >= 0.3 is 12.1 Å². The highest BCUT2D eigenvalue weighted by Crippen LogP contribution is 2.46. The first-order chi connectivity index (χ1) is 37.1. The van der Waals surface area contributed by atoms with Gasteiger partial charge in [-0.25, -0.2) is 13.6 Å². The molecule has 4 aromatic carbocycles. The average Bonchev–Trinajstić information content (AvgIpc) is 4.10. The number of fused-ring (bicyclic) bond motifs is 5. The van der Waals surface area contributed by atoms with Crippen LogP contribution in [0.3, 0.4) is 0 Å². The number of rotatable bonds is 13. The van der Waals surface area contributed by atoms with Gasteiger partial charge in [0.05, 0.1) is 35.2 Å². The maximum absolute atomic E-state index is 18.1. The number of carbonyl (C=O) groups excluding carboxylic acids is 1. The van der Waals surface area contributed by atoms with Crippen LogP contribution >= 0.6 is 0 Å². The number of benzene rings is 4. The monoisotopic (exact) mass is 1090 g/mol. The lowest BCUT2D eigenvalue weighted by molar-refractivity contribution is 0.0122. The van der Waals surface area contributed by atoms with E-state index < -0.39 is 33.6 Å². The van der Waals surface area contributed by atoms with Crippen LogP contribution in [0.25, 0.3) is 32.9 Å². The summed E-state index contributed by atoms with van der Waals surface area (Å²) in [6.07, 6.45) is 6.77. The molecule has 10 rings (SSSR count). The fourth-order valence-electron chi connectivity index (χ4n) is 14.5. The Bertz CT molecular complexity index is 3170. The van der Waals surface area contributed by atoms with Gasteiger partial charge < -0.3 is 18.8 Å². The third-order valence-electron chi connectivity index (χ3n) is 18.0. The molecule has 6 heterocycles. The number of amides is 1. The summed E-state index contributed by atoms with van der Waals surface area (Å²) in [6.45, 7) is 28.8. The quantitative estimate of drug-likeness (QED) is 0.0828. The predicted molar refractivity (Wildman–Crippen MR) is 316 cm³/mol. The molecule has 78 heavy (non-hydrogen) atoms. The number of halogens is 2. The number of piperazine rings is 1. The first kappa shape index (κ1) is 55.6. The van der Waals surface area contributed by atoms with Crippen molar-refractivity contribution in [1.82, 2.24) is 24.8 Å². The maximum Gasteiger partial charge on any atom is 0.410 e. The van der Waals surface area contributed by atoms with Crippen molar-refractivity contribution < 1.29 is 27.5 Å². The van der Waals surface area contributed by atoms with Crippen LogP contribution in [-0.2, 0) is 9.16 Å². The topological polar surface area (TPSA) is 93.2 Å². The zero-order valence-electron chi connectivity index (χ0n) is 48.1. The molecule has 4 aliphatic rings. The summed E-state index contributed by atoms with van der Waals surface area (Å²) in [6, 6.07) is 30.4. The van der Waals surface area contributed by atoms with Crippen LogP contribution in [0, 0.1) is 23.1 Å². The van der Waals surface area contributed by atoms with Crippen molar-refractivity contribution in [3.8, 4) is 28.7 Å². The standard InChI is InChI=1S/C64H80F2N6O4Si2/c1-42(2)77(43(3)4,44(5)6)36-32-51-54(65)30-27-45-21-19-26-52(55(45)51)57-56(66)58-53(37-67-57)59(70-38-46-28-29-47(39-70)72(46)61(73)76-62(7,8)9)69-60(68-58)74-41-64-33-20-35-71(64)48(31-34-64)40-75-78(63(10,11)12,49-22-15-13-16-23-49)50-24-17-14-18-25-50/h13-19,21-27,30,37,42-44,46-48H,20,28-29,31,33-35,38-41H2,1-12H3/t46-,47+,48-,64+/m0/s1. The van der Waals surface area contributed by atoms with Crippen LogP contribution in [0.4, 0.5) is 19.4 Å². The van der Waals surface area contributed by atoms with E-state index in [-0.39, 0.29) is 57.6 Å². The molecule has 0 saturated carbocycles. The molecular weight excluding hydrogens is 1010 g/mol. The molecule has 1 amide bonds. The third-order valence-corrected chi connectivity index (χ3v) is 29.3. The second kappa shape index (κ2) is 21.4. The van der Waals surface area contributed by atoms with Gasteiger partial charge in [-0.1, -0.05) is 153 Å². The lowest BCUT2D eigenvalue weighted by atomic mass is 9.95. The highest BCUT2D eigenvalue weighted by molar-refractivity contribution is 6.99. The second-order valence-corrected chi connectivity index (χ2v) is 35.5. The molecule has 0 aliphatic carbocycles. The third kappa shape index (κ3) is 9.93. The van der Waals surface area contributed by atoms with E-state index in [2.05, 4.69) is 144 Å². The lowest BCUT2D eigenvalue weighted by Crippen LogP contribution is -2.67. The van der Waals surface area contributed by atoms with E-state index >= 15 is 8.78 Å². The molecule has 0 radical (unpaired) electrons. The summed E-state index contributed by atoms with van der Waals surface area (Å²) in [4.78, 5) is 35.3. The van der Waals surface area contributed by atoms with Crippen molar-refractivity contribution in [2.45, 2.75) is 173 Å². The highest BCUT2D eigenvalue weighted by Gasteiger charge is 2.54. The van der Waals surface area contributed by atoms with Crippen LogP contribution in [0.5, 0.6) is 6.01 Å². The van der Waals surface area contributed by atoms with Crippen LogP contribution in [0.1, 0.15) is 127 Å². The number of ether oxygens (including phenoxy) is 2. The minimum Gasteiger partial charge on any atom is -0.461 e. The van der Waals surface area contributed by atoms with Gasteiger partial charge in [0.2, 0.25) is 0 Å². The van der Waals surface area contributed by atoms with Crippen molar-refractivity contribution in [3.05, 3.63) is 114 Å².